The van der Waals surface area contributed by atoms with Crippen LogP contribution in [0.5, 0.6) is 0 Å². The minimum Gasteiger partial charge on any atom is -0.478 e. The molecule has 0 unspecified atom stereocenters. The Balaban J connectivity index is 1.81. The molecule has 0 fully saturated rings. The van der Waals surface area contributed by atoms with Crippen LogP contribution in [0.1, 0.15) is 33.4 Å². The van der Waals surface area contributed by atoms with Gasteiger partial charge in [0.05, 0.1) is 29.6 Å². The Morgan fingerprint density at radius 1 is 1.14 bits per heavy atom. The fourth-order valence-corrected chi connectivity index (χ4v) is 2.76. The Bertz CT molecular complexity index is 1060. The number of carbonyl (C=O) groups excluding carboxylic acids is 1. The summed E-state index contributed by atoms with van der Waals surface area (Å²) in [7, 11) is 0. The minimum atomic E-state index is -1.15. The highest BCUT2D eigenvalue weighted by Gasteiger charge is 2.15. The van der Waals surface area contributed by atoms with Crippen molar-refractivity contribution in [2.45, 2.75) is 6.92 Å². The molecule has 2 aromatic carbocycles. The standard InChI is InChI=1S/C21H17BrN2O5/c1-2-28-21(27)15-10-13(9-14(11-15)20(25)26)19-8-7-18(29-19)12-23-24-17-5-3-16(22)4-6-17/h3-12,24H,2H2,1H3,(H,25,26). The normalized spacial score (nSPS) is 10.8. The number of esters is 1. The van der Waals surface area contributed by atoms with E-state index in [1.165, 1.54) is 24.4 Å². The van der Waals surface area contributed by atoms with Crippen LogP contribution in [0.15, 0.2) is 68.6 Å². The molecule has 0 saturated heterocycles. The molecule has 0 saturated carbocycles. The summed E-state index contributed by atoms with van der Waals surface area (Å²) < 4.78 is 11.6. The number of anilines is 1. The summed E-state index contributed by atoms with van der Waals surface area (Å²) in [5.74, 6) is -0.875. The van der Waals surface area contributed by atoms with Crippen molar-refractivity contribution >= 4 is 39.8 Å². The van der Waals surface area contributed by atoms with E-state index in [0.29, 0.717) is 17.1 Å². The van der Waals surface area contributed by atoms with Crippen molar-refractivity contribution < 1.29 is 23.8 Å². The van der Waals surface area contributed by atoms with Gasteiger partial charge in [0.2, 0.25) is 0 Å². The third kappa shape index (κ3) is 5.32. The second-order valence-electron chi connectivity index (χ2n) is 5.90. The van der Waals surface area contributed by atoms with E-state index in [-0.39, 0.29) is 17.7 Å². The van der Waals surface area contributed by atoms with E-state index in [0.717, 1.165) is 10.2 Å². The van der Waals surface area contributed by atoms with Crippen LogP contribution in [0.4, 0.5) is 5.69 Å². The first-order valence-corrected chi connectivity index (χ1v) is 9.46. The average Bonchev–Trinajstić information content (AvgIpc) is 3.18. The number of nitrogens with one attached hydrogen (secondary N) is 1. The van der Waals surface area contributed by atoms with E-state index in [2.05, 4.69) is 26.5 Å². The lowest BCUT2D eigenvalue weighted by Gasteiger charge is -2.06. The maximum atomic E-state index is 12.0. The molecule has 7 nitrogen and oxygen atoms in total. The number of furan rings is 1. The number of carboxylic acids is 1. The first-order valence-electron chi connectivity index (χ1n) is 8.66. The molecule has 0 aliphatic heterocycles. The molecule has 0 spiro atoms. The van der Waals surface area contributed by atoms with Crippen LogP contribution in [0.3, 0.4) is 0 Å². The van der Waals surface area contributed by atoms with Gasteiger partial charge in [-0.15, -0.1) is 0 Å². The van der Waals surface area contributed by atoms with Crippen LogP contribution in [-0.2, 0) is 4.74 Å². The first-order chi connectivity index (χ1) is 14.0. The molecule has 1 heterocycles. The van der Waals surface area contributed by atoms with Crippen LogP contribution in [0, 0.1) is 0 Å². The second-order valence-corrected chi connectivity index (χ2v) is 6.82. The number of nitrogens with zero attached hydrogens (tertiary/aromatic N) is 1. The molecule has 148 valence electrons. The molecular weight excluding hydrogens is 440 g/mol. The van der Waals surface area contributed by atoms with Crippen LogP contribution in [0.2, 0.25) is 0 Å². The highest BCUT2D eigenvalue weighted by Crippen LogP contribution is 2.25. The maximum absolute atomic E-state index is 12.0. The molecule has 3 rings (SSSR count). The van der Waals surface area contributed by atoms with Gasteiger partial charge in [0, 0.05) is 10.0 Å². The van der Waals surface area contributed by atoms with Gasteiger partial charge < -0.3 is 14.3 Å². The second kappa shape index (κ2) is 9.20. The van der Waals surface area contributed by atoms with Gasteiger partial charge in [-0.3, -0.25) is 5.43 Å². The largest absolute Gasteiger partial charge is 0.478 e. The predicted molar refractivity (Wildman–Crippen MR) is 112 cm³/mol. The third-order valence-electron chi connectivity index (χ3n) is 3.83. The van der Waals surface area contributed by atoms with E-state index >= 15 is 0 Å². The number of hydrogen-bond acceptors (Lipinski definition) is 6. The summed E-state index contributed by atoms with van der Waals surface area (Å²) in [4.78, 5) is 23.4. The molecule has 3 aromatic rings. The molecule has 0 bridgehead atoms. The zero-order chi connectivity index (χ0) is 20.8. The van der Waals surface area contributed by atoms with Crippen molar-refractivity contribution in [3.63, 3.8) is 0 Å². The molecule has 0 atom stereocenters. The van der Waals surface area contributed by atoms with Crippen LogP contribution in [-0.4, -0.2) is 29.9 Å². The Labute approximate surface area is 175 Å². The Morgan fingerprint density at radius 3 is 2.55 bits per heavy atom. The van der Waals surface area contributed by atoms with E-state index < -0.39 is 11.9 Å². The maximum Gasteiger partial charge on any atom is 0.338 e. The summed E-state index contributed by atoms with van der Waals surface area (Å²) in [6.07, 6.45) is 1.50. The molecule has 29 heavy (non-hydrogen) atoms. The van der Waals surface area contributed by atoms with Gasteiger partial charge in [-0.1, -0.05) is 15.9 Å². The van der Waals surface area contributed by atoms with Gasteiger partial charge in [-0.2, -0.15) is 5.10 Å². The van der Waals surface area contributed by atoms with Crippen molar-refractivity contribution in [3.8, 4) is 11.3 Å². The van der Waals surface area contributed by atoms with E-state index in [1.807, 2.05) is 24.3 Å². The summed E-state index contributed by atoms with van der Waals surface area (Å²) >= 11 is 3.36. The van der Waals surface area contributed by atoms with Crippen molar-refractivity contribution in [1.82, 2.24) is 0 Å². The van der Waals surface area contributed by atoms with Gasteiger partial charge in [-0.05, 0) is 61.5 Å². The van der Waals surface area contributed by atoms with Gasteiger partial charge >= 0.3 is 11.9 Å². The van der Waals surface area contributed by atoms with Gasteiger partial charge in [0.1, 0.15) is 11.5 Å². The lowest BCUT2D eigenvalue weighted by Crippen LogP contribution is -2.07. The Kier molecular flexibility index (Phi) is 6.46. The zero-order valence-corrected chi connectivity index (χ0v) is 17.0. The third-order valence-corrected chi connectivity index (χ3v) is 4.36. The number of benzene rings is 2. The van der Waals surface area contributed by atoms with Gasteiger partial charge in [0.15, 0.2) is 0 Å². The predicted octanol–water partition coefficient (Wildman–Crippen LogP) is 5.03. The molecule has 8 heteroatoms. The highest BCUT2D eigenvalue weighted by molar-refractivity contribution is 9.10. The topological polar surface area (TPSA) is 101 Å². The number of carboxylic acid groups (broad SMARTS) is 1. The summed E-state index contributed by atoms with van der Waals surface area (Å²) in [5.41, 5.74) is 4.25. The average molecular weight is 457 g/mol. The van der Waals surface area contributed by atoms with Crippen LogP contribution in [0.25, 0.3) is 11.3 Å². The number of rotatable bonds is 7. The van der Waals surface area contributed by atoms with Gasteiger partial charge in [0.25, 0.3) is 0 Å². The highest BCUT2D eigenvalue weighted by atomic mass is 79.9. The first kappa shape index (κ1) is 20.3. The summed E-state index contributed by atoms with van der Waals surface area (Å²) in [6.45, 7) is 1.87. The smallest absolute Gasteiger partial charge is 0.338 e. The quantitative estimate of drug-likeness (QED) is 0.293. The van der Waals surface area contributed by atoms with Crippen LogP contribution >= 0.6 is 15.9 Å². The monoisotopic (exact) mass is 456 g/mol. The van der Waals surface area contributed by atoms with Crippen molar-refractivity contribution in [1.29, 1.82) is 0 Å². The number of hydrazone groups is 1. The zero-order valence-electron chi connectivity index (χ0n) is 15.4. The van der Waals surface area contributed by atoms with E-state index in [1.54, 1.807) is 19.1 Å². The lowest BCUT2D eigenvalue weighted by atomic mass is 10.0. The number of halogens is 1. The number of hydrogen-bond donors (Lipinski definition) is 2. The van der Waals surface area contributed by atoms with Gasteiger partial charge in [-0.25, -0.2) is 9.59 Å². The lowest BCUT2D eigenvalue weighted by molar-refractivity contribution is 0.0526. The molecular formula is C21H17BrN2O5. The molecule has 0 amide bonds. The SMILES string of the molecule is CCOC(=O)c1cc(C(=O)O)cc(-c2ccc(C=NNc3ccc(Br)cc3)o2)c1. The van der Waals surface area contributed by atoms with Crippen molar-refractivity contribution in [2.75, 3.05) is 12.0 Å². The van der Waals surface area contributed by atoms with Crippen molar-refractivity contribution in [2.24, 2.45) is 5.10 Å². The summed E-state index contributed by atoms with van der Waals surface area (Å²) in [5, 5.41) is 13.4. The fourth-order valence-electron chi connectivity index (χ4n) is 2.50. The minimum absolute atomic E-state index is 0.0333. The Morgan fingerprint density at radius 2 is 1.86 bits per heavy atom. The fraction of sp³-hybridized carbons (Fsp3) is 0.0952. The number of carbonyl (C=O) groups is 2. The Hall–Kier alpha value is -3.39. The van der Waals surface area contributed by atoms with Crippen LogP contribution < -0.4 is 5.43 Å². The molecule has 0 aliphatic rings. The molecule has 2 N–H and O–H groups in total. The van der Waals surface area contributed by atoms with Crippen molar-refractivity contribution in [3.05, 3.63) is 76.0 Å². The molecule has 1 aromatic heterocycles. The van der Waals surface area contributed by atoms with E-state index in [4.69, 9.17) is 9.15 Å². The van der Waals surface area contributed by atoms with E-state index in [9.17, 15) is 14.7 Å². The molecule has 0 aliphatic carbocycles. The summed E-state index contributed by atoms with van der Waals surface area (Å²) in [6, 6.07) is 15.1. The molecule has 0 radical (unpaired) electrons. The number of ether oxygens (including phenoxy) is 1. The number of aromatic carboxylic acids is 1.